The summed E-state index contributed by atoms with van der Waals surface area (Å²) in [5, 5.41) is 8.61. The van der Waals surface area contributed by atoms with Crippen LogP contribution >= 0.6 is 0 Å². The minimum absolute atomic E-state index is 0.864. The SMILES string of the molecule is CN(C)CCN(C)Cc1cccc(C=CC(=O)O)c1. The lowest BCUT2D eigenvalue weighted by molar-refractivity contribution is -0.131. The largest absolute Gasteiger partial charge is 0.478 e. The van der Waals surface area contributed by atoms with E-state index in [9.17, 15) is 4.79 Å². The van der Waals surface area contributed by atoms with Crippen LogP contribution in [-0.4, -0.2) is 55.1 Å². The van der Waals surface area contributed by atoms with Gasteiger partial charge in [0, 0.05) is 25.7 Å². The first-order chi connectivity index (χ1) is 8.97. The van der Waals surface area contributed by atoms with Crippen LogP contribution in [0.2, 0.25) is 0 Å². The van der Waals surface area contributed by atoms with Crippen molar-refractivity contribution in [2.24, 2.45) is 0 Å². The monoisotopic (exact) mass is 262 g/mol. The van der Waals surface area contributed by atoms with Crippen molar-refractivity contribution in [2.45, 2.75) is 6.54 Å². The summed E-state index contributed by atoms with van der Waals surface area (Å²) < 4.78 is 0. The second-order valence-corrected chi connectivity index (χ2v) is 4.96. The molecule has 0 unspecified atom stereocenters. The minimum Gasteiger partial charge on any atom is -0.478 e. The topological polar surface area (TPSA) is 43.8 Å². The van der Waals surface area contributed by atoms with Crippen molar-refractivity contribution < 1.29 is 9.90 Å². The highest BCUT2D eigenvalue weighted by atomic mass is 16.4. The Morgan fingerprint density at radius 2 is 2.00 bits per heavy atom. The Balaban J connectivity index is 2.59. The van der Waals surface area contributed by atoms with Crippen LogP contribution in [0.5, 0.6) is 0 Å². The molecule has 0 aliphatic rings. The fourth-order valence-electron chi connectivity index (χ4n) is 1.72. The maximum atomic E-state index is 10.5. The predicted molar refractivity (Wildman–Crippen MR) is 78.0 cm³/mol. The molecule has 0 aromatic heterocycles. The van der Waals surface area contributed by atoms with E-state index in [0.717, 1.165) is 31.3 Å². The van der Waals surface area contributed by atoms with Crippen molar-refractivity contribution in [3.8, 4) is 0 Å². The predicted octanol–water partition coefficient (Wildman–Crippen LogP) is 1.78. The number of carboxylic acid groups (broad SMARTS) is 1. The van der Waals surface area contributed by atoms with Crippen molar-refractivity contribution in [3.63, 3.8) is 0 Å². The van der Waals surface area contributed by atoms with Crippen LogP contribution in [0, 0.1) is 0 Å². The van der Waals surface area contributed by atoms with Crippen LogP contribution in [0.4, 0.5) is 0 Å². The zero-order chi connectivity index (χ0) is 14.3. The Bertz CT molecular complexity index is 442. The molecular formula is C15H22N2O2. The van der Waals surface area contributed by atoms with E-state index < -0.39 is 5.97 Å². The molecular weight excluding hydrogens is 240 g/mol. The Labute approximate surface area is 115 Å². The molecule has 0 spiro atoms. The first-order valence-electron chi connectivity index (χ1n) is 6.30. The van der Waals surface area contributed by atoms with E-state index >= 15 is 0 Å². The molecule has 0 saturated carbocycles. The van der Waals surface area contributed by atoms with E-state index in [1.165, 1.54) is 5.56 Å². The molecule has 4 nitrogen and oxygen atoms in total. The fraction of sp³-hybridized carbons (Fsp3) is 0.400. The zero-order valence-electron chi connectivity index (χ0n) is 11.8. The van der Waals surface area contributed by atoms with Crippen LogP contribution in [0.15, 0.2) is 30.3 Å². The van der Waals surface area contributed by atoms with E-state index in [2.05, 4.69) is 37.0 Å². The third kappa shape index (κ3) is 6.74. The molecule has 0 radical (unpaired) electrons. The summed E-state index contributed by atoms with van der Waals surface area (Å²) in [4.78, 5) is 14.9. The minimum atomic E-state index is -0.923. The van der Waals surface area contributed by atoms with Crippen molar-refractivity contribution in [1.82, 2.24) is 9.80 Å². The second kappa shape index (κ2) is 7.71. The number of nitrogens with zero attached hydrogens (tertiary/aromatic N) is 2. The normalized spacial score (nSPS) is 11.6. The number of hydrogen-bond donors (Lipinski definition) is 1. The molecule has 1 rings (SSSR count). The molecule has 19 heavy (non-hydrogen) atoms. The standard InChI is InChI=1S/C15H22N2O2/c1-16(2)9-10-17(3)12-14-6-4-5-13(11-14)7-8-15(18)19/h4-8,11H,9-10,12H2,1-3H3,(H,18,19). The van der Waals surface area contributed by atoms with Crippen LogP contribution in [0.25, 0.3) is 6.08 Å². The number of rotatable bonds is 7. The number of carbonyl (C=O) groups is 1. The summed E-state index contributed by atoms with van der Waals surface area (Å²) in [6.45, 7) is 2.89. The van der Waals surface area contributed by atoms with Crippen LogP contribution in [0.3, 0.4) is 0 Å². The van der Waals surface area contributed by atoms with Gasteiger partial charge in [-0.3, -0.25) is 0 Å². The van der Waals surface area contributed by atoms with E-state index in [4.69, 9.17) is 5.11 Å². The van der Waals surface area contributed by atoms with Gasteiger partial charge < -0.3 is 14.9 Å². The second-order valence-electron chi connectivity index (χ2n) is 4.96. The molecule has 1 aromatic rings. The van der Waals surface area contributed by atoms with Crippen molar-refractivity contribution in [3.05, 3.63) is 41.5 Å². The quantitative estimate of drug-likeness (QED) is 0.761. The Morgan fingerprint density at radius 3 is 2.63 bits per heavy atom. The molecule has 0 fully saturated rings. The van der Waals surface area contributed by atoms with Gasteiger partial charge in [0.05, 0.1) is 0 Å². The Morgan fingerprint density at radius 1 is 1.26 bits per heavy atom. The summed E-state index contributed by atoms with van der Waals surface area (Å²) in [5.74, 6) is -0.923. The van der Waals surface area contributed by atoms with Crippen LogP contribution in [0.1, 0.15) is 11.1 Å². The molecule has 0 heterocycles. The Hall–Kier alpha value is -1.65. The molecule has 104 valence electrons. The fourth-order valence-corrected chi connectivity index (χ4v) is 1.72. The van der Waals surface area contributed by atoms with E-state index in [0.29, 0.717) is 0 Å². The molecule has 0 aliphatic carbocycles. The Kier molecular flexibility index (Phi) is 6.25. The van der Waals surface area contributed by atoms with Gasteiger partial charge in [-0.2, -0.15) is 0 Å². The third-order valence-electron chi connectivity index (χ3n) is 2.75. The molecule has 0 bridgehead atoms. The molecule has 0 saturated heterocycles. The number of carboxylic acids is 1. The summed E-state index contributed by atoms with van der Waals surface area (Å²) in [7, 11) is 6.21. The zero-order valence-corrected chi connectivity index (χ0v) is 11.8. The molecule has 0 amide bonds. The van der Waals surface area contributed by atoms with Crippen LogP contribution < -0.4 is 0 Å². The highest BCUT2D eigenvalue weighted by Crippen LogP contribution is 2.09. The first-order valence-corrected chi connectivity index (χ1v) is 6.30. The number of hydrogen-bond acceptors (Lipinski definition) is 3. The smallest absolute Gasteiger partial charge is 0.328 e. The van der Waals surface area contributed by atoms with Gasteiger partial charge >= 0.3 is 5.97 Å². The number of likely N-dealkylation sites (N-methyl/N-ethyl adjacent to an activating group) is 2. The first kappa shape index (κ1) is 15.4. The molecule has 0 atom stereocenters. The van der Waals surface area contributed by atoms with Gasteiger partial charge in [0.15, 0.2) is 0 Å². The highest BCUT2D eigenvalue weighted by Gasteiger charge is 2.01. The van der Waals surface area contributed by atoms with Gasteiger partial charge in [-0.1, -0.05) is 24.3 Å². The summed E-state index contributed by atoms with van der Waals surface area (Å²) >= 11 is 0. The maximum Gasteiger partial charge on any atom is 0.328 e. The van der Waals surface area contributed by atoms with Crippen molar-refractivity contribution in [2.75, 3.05) is 34.2 Å². The third-order valence-corrected chi connectivity index (χ3v) is 2.75. The lowest BCUT2D eigenvalue weighted by Crippen LogP contribution is -2.28. The van der Waals surface area contributed by atoms with Gasteiger partial charge in [0.2, 0.25) is 0 Å². The summed E-state index contributed by atoms with van der Waals surface area (Å²) in [6, 6.07) is 7.94. The molecule has 1 aromatic carbocycles. The number of benzene rings is 1. The van der Waals surface area contributed by atoms with E-state index in [1.54, 1.807) is 6.08 Å². The molecule has 4 heteroatoms. The van der Waals surface area contributed by atoms with E-state index in [1.807, 2.05) is 18.2 Å². The molecule has 0 aliphatic heterocycles. The lowest BCUT2D eigenvalue weighted by atomic mass is 10.1. The van der Waals surface area contributed by atoms with Crippen molar-refractivity contribution >= 4 is 12.0 Å². The van der Waals surface area contributed by atoms with Gasteiger partial charge in [0.25, 0.3) is 0 Å². The molecule has 1 N–H and O–H groups in total. The van der Waals surface area contributed by atoms with Gasteiger partial charge in [-0.25, -0.2) is 4.79 Å². The average molecular weight is 262 g/mol. The van der Waals surface area contributed by atoms with Gasteiger partial charge in [-0.05, 0) is 38.3 Å². The average Bonchev–Trinajstić information content (AvgIpc) is 2.34. The summed E-state index contributed by atoms with van der Waals surface area (Å²) in [6.07, 6.45) is 2.78. The van der Waals surface area contributed by atoms with Gasteiger partial charge in [0.1, 0.15) is 0 Å². The maximum absolute atomic E-state index is 10.5. The number of aliphatic carboxylic acids is 1. The highest BCUT2D eigenvalue weighted by molar-refractivity contribution is 5.85. The van der Waals surface area contributed by atoms with Gasteiger partial charge in [-0.15, -0.1) is 0 Å². The van der Waals surface area contributed by atoms with E-state index in [-0.39, 0.29) is 0 Å². The summed E-state index contributed by atoms with van der Waals surface area (Å²) in [5.41, 5.74) is 2.11. The van der Waals surface area contributed by atoms with Crippen molar-refractivity contribution in [1.29, 1.82) is 0 Å². The van der Waals surface area contributed by atoms with Crippen LogP contribution in [-0.2, 0) is 11.3 Å². The lowest BCUT2D eigenvalue weighted by Gasteiger charge is -2.19.